The van der Waals surface area contributed by atoms with Gasteiger partial charge in [-0.25, -0.2) is 0 Å². The lowest BCUT2D eigenvalue weighted by Gasteiger charge is -2.35. The van der Waals surface area contributed by atoms with Gasteiger partial charge in [-0.2, -0.15) is 0 Å². The second-order valence-corrected chi connectivity index (χ2v) is 4.48. The van der Waals surface area contributed by atoms with Crippen molar-refractivity contribution in [3.05, 3.63) is 0 Å². The fourth-order valence-electron chi connectivity index (χ4n) is 1.82. The van der Waals surface area contributed by atoms with Gasteiger partial charge in [0.25, 0.3) is 0 Å². The summed E-state index contributed by atoms with van der Waals surface area (Å²) in [6, 6.07) is 0. The Labute approximate surface area is 83.5 Å². The van der Waals surface area contributed by atoms with Gasteiger partial charge in [0.05, 0.1) is 5.60 Å². The van der Waals surface area contributed by atoms with Crippen LogP contribution in [0.3, 0.4) is 0 Å². The first kappa shape index (κ1) is 13.0. The number of aliphatic hydroxyl groups is 1. The second kappa shape index (κ2) is 5.64. The molecule has 0 radical (unpaired) electrons. The van der Waals surface area contributed by atoms with Gasteiger partial charge < -0.3 is 5.11 Å². The molecule has 0 aromatic rings. The standard InChI is InChI=1S/C12H26O/c1-6-10(4)9-12(13,8-3)11(5)7-2/h10-11,13H,6-9H2,1-5H3. The normalized spacial score (nSPS) is 20.8. The predicted molar refractivity (Wildman–Crippen MR) is 58.8 cm³/mol. The summed E-state index contributed by atoms with van der Waals surface area (Å²) in [5.41, 5.74) is -0.426. The summed E-state index contributed by atoms with van der Waals surface area (Å²) < 4.78 is 0. The summed E-state index contributed by atoms with van der Waals surface area (Å²) in [6.45, 7) is 10.8. The highest BCUT2D eigenvalue weighted by Gasteiger charge is 2.31. The van der Waals surface area contributed by atoms with Crippen LogP contribution >= 0.6 is 0 Å². The monoisotopic (exact) mass is 186 g/mol. The molecule has 0 aromatic carbocycles. The van der Waals surface area contributed by atoms with Gasteiger partial charge in [-0.1, -0.05) is 47.5 Å². The third-order valence-corrected chi connectivity index (χ3v) is 3.54. The smallest absolute Gasteiger partial charge is 0.0673 e. The van der Waals surface area contributed by atoms with Crippen LogP contribution in [-0.2, 0) is 0 Å². The van der Waals surface area contributed by atoms with Crippen LogP contribution in [0.15, 0.2) is 0 Å². The van der Waals surface area contributed by atoms with E-state index in [1.807, 2.05) is 0 Å². The highest BCUT2D eigenvalue weighted by Crippen LogP contribution is 2.31. The molecular weight excluding hydrogens is 160 g/mol. The molecule has 0 saturated heterocycles. The van der Waals surface area contributed by atoms with Crippen LogP contribution in [0, 0.1) is 11.8 Å². The third-order valence-electron chi connectivity index (χ3n) is 3.54. The molecule has 3 unspecified atom stereocenters. The van der Waals surface area contributed by atoms with Gasteiger partial charge in [0, 0.05) is 0 Å². The minimum Gasteiger partial charge on any atom is -0.390 e. The topological polar surface area (TPSA) is 20.2 Å². The molecule has 1 N–H and O–H groups in total. The Hall–Kier alpha value is -0.0400. The Morgan fingerprint density at radius 3 is 1.92 bits per heavy atom. The van der Waals surface area contributed by atoms with E-state index in [2.05, 4.69) is 34.6 Å². The van der Waals surface area contributed by atoms with Gasteiger partial charge in [0.15, 0.2) is 0 Å². The van der Waals surface area contributed by atoms with Gasteiger partial charge in [-0.05, 0) is 24.7 Å². The minimum atomic E-state index is -0.426. The molecular formula is C12H26O. The van der Waals surface area contributed by atoms with E-state index in [-0.39, 0.29) is 0 Å². The lowest BCUT2D eigenvalue weighted by Crippen LogP contribution is -2.37. The van der Waals surface area contributed by atoms with E-state index in [0.717, 1.165) is 19.3 Å². The largest absolute Gasteiger partial charge is 0.390 e. The first-order valence-corrected chi connectivity index (χ1v) is 5.72. The molecule has 0 aliphatic rings. The van der Waals surface area contributed by atoms with Crippen molar-refractivity contribution in [2.75, 3.05) is 0 Å². The summed E-state index contributed by atoms with van der Waals surface area (Å²) in [7, 11) is 0. The lowest BCUT2D eigenvalue weighted by molar-refractivity contribution is -0.0362. The summed E-state index contributed by atoms with van der Waals surface area (Å²) in [5.74, 6) is 1.06. The molecule has 1 heteroatoms. The van der Waals surface area contributed by atoms with E-state index >= 15 is 0 Å². The molecule has 0 aliphatic heterocycles. The van der Waals surface area contributed by atoms with Crippen molar-refractivity contribution in [2.45, 2.75) is 65.9 Å². The Kier molecular flexibility index (Phi) is 5.62. The van der Waals surface area contributed by atoms with Crippen LogP contribution < -0.4 is 0 Å². The Morgan fingerprint density at radius 1 is 1.08 bits per heavy atom. The maximum atomic E-state index is 10.4. The van der Waals surface area contributed by atoms with Crippen molar-refractivity contribution in [2.24, 2.45) is 11.8 Å². The van der Waals surface area contributed by atoms with Crippen LogP contribution in [0.1, 0.15) is 60.3 Å². The second-order valence-electron chi connectivity index (χ2n) is 4.48. The van der Waals surface area contributed by atoms with Crippen molar-refractivity contribution in [1.82, 2.24) is 0 Å². The molecule has 0 heterocycles. The molecule has 0 saturated carbocycles. The number of rotatable bonds is 6. The van der Waals surface area contributed by atoms with Crippen molar-refractivity contribution < 1.29 is 5.11 Å². The zero-order valence-corrected chi connectivity index (χ0v) is 9.93. The first-order valence-electron chi connectivity index (χ1n) is 5.72. The molecule has 0 spiro atoms. The van der Waals surface area contributed by atoms with E-state index in [1.54, 1.807) is 0 Å². The molecule has 13 heavy (non-hydrogen) atoms. The molecule has 0 amide bonds. The lowest BCUT2D eigenvalue weighted by atomic mass is 9.78. The number of hydrogen-bond acceptors (Lipinski definition) is 1. The maximum Gasteiger partial charge on any atom is 0.0673 e. The summed E-state index contributed by atoms with van der Waals surface area (Å²) in [4.78, 5) is 0. The van der Waals surface area contributed by atoms with E-state index in [1.165, 1.54) is 6.42 Å². The maximum absolute atomic E-state index is 10.4. The molecule has 3 atom stereocenters. The van der Waals surface area contributed by atoms with Crippen LogP contribution in [-0.4, -0.2) is 10.7 Å². The Morgan fingerprint density at radius 2 is 1.62 bits per heavy atom. The van der Waals surface area contributed by atoms with E-state index in [9.17, 15) is 5.11 Å². The van der Waals surface area contributed by atoms with Crippen LogP contribution in [0.25, 0.3) is 0 Å². The van der Waals surface area contributed by atoms with Gasteiger partial charge in [-0.15, -0.1) is 0 Å². The average molecular weight is 186 g/mol. The quantitative estimate of drug-likeness (QED) is 0.672. The molecule has 0 aromatic heterocycles. The predicted octanol–water partition coefficient (Wildman–Crippen LogP) is 3.61. The van der Waals surface area contributed by atoms with Crippen LogP contribution in [0.4, 0.5) is 0 Å². The van der Waals surface area contributed by atoms with Gasteiger partial charge in [0.1, 0.15) is 0 Å². The minimum absolute atomic E-state index is 0.423. The van der Waals surface area contributed by atoms with Crippen molar-refractivity contribution in [3.63, 3.8) is 0 Å². The summed E-state index contributed by atoms with van der Waals surface area (Å²) >= 11 is 0. The van der Waals surface area contributed by atoms with E-state index in [0.29, 0.717) is 11.8 Å². The first-order chi connectivity index (χ1) is 6.00. The Bertz CT molecular complexity index is 133. The van der Waals surface area contributed by atoms with Crippen molar-refractivity contribution in [3.8, 4) is 0 Å². The fraction of sp³-hybridized carbons (Fsp3) is 1.00. The van der Waals surface area contributed by atoms with Crippen LogP contribution in [0.2, 0.25) is 0 Å². The highest BCUT2D eigenvalue weighted by atomic mass is 16.3. The fourth-order valence-corrected chi connectivity index (χ4v) is 1.82. The van der Waals surface area contributed by atoms with E-state index in [4.69, 9.17) is 0 Å². The SMILES string of the molecule is CCC(C)CC(O)(CC)C(C)CC. The van der Waals surface area contributed by atoms with Gasteiger partial charge >= 0.3 is 0 Å². The Balaban J connectivity index is 4.26. The molecule has 80 valence electrons. The molecule has 1 nitrogen and oxygen atoms in total. The molecule has 0 bridgehead atoms. The number of hydrogen-bond donors (Lipinski definition) is 1. The van der Waals surface area contributed by atoms with Crippen molar-refractivity contribution in [1.29, 1.82) is 0 Å². The van der Waals surface area contributed by atoms with Gasteiger partial charge in [-0.3, -0.25) is 0 Å². The zero-order valence-electron chi connectivity index (χ0n) is 9.93. The zero-order chi connectivity index (χ0) is 10.5. The third kappa shape index (κ3) is 3.68. The summed E-state index contributed by atoms with van der Waals surface area (Å²) in [5, 5.41) is 10.4. The average Bonchev–Trinajstić information content (AvgIpc) is 2.15. The van der Waals surface area contributed by atoms with Crippen LogP contribution in [0.5, 0.6) is 0 Å². The molecule has 0 fully saturated rings. The molecule has 0 aliphatic carbocycles. The molecule has 0 rings (SSSR count). The summed E-state index contributed by atoms with van der Waals surface area (Å²) in [6.07, 6.45) is 4.07. The van der Waals surface area contributed by atoms with E-state index < -0.39 is 5.60 Å². The highest BCUT2D eigenvalue weighted by molar-refractivity contribution is 4.83. The van der Waals surface area contributed by atoms with Crippen molar-refractivity contribution >= 4 is 0 Å². The van der Waals surface area contributed by atoms with Gasteiger partial charge in [0.2, 0.25) is 0 Å².